The Bertz CT molecular complexity index is 655. The van der Waals surface area contributed by atoms with Gasteiger partial charge in [-0.2, -0.15) is 0 Å². The second kappa shape index (κ2) is 2.60. The summed E-state index contributed by atoms with van der Waals surface area (Å²) in [4.78, 5) is 8.32. The van der Waals surface area contributed by atoms with Crippen LogP contribution in [0.15, 0.2) is 30.7 Å². The van der Waals surface area contributed by atoms with E-state index in [1.165, 1.54) is 0 Å². The topological polar surface area (TPSA) is 82.2 Å². The molecule has 0 amide bonds. The molecule has 2 heterocycles. The van der Waals surface area contributed by atoms with Crippen molar-refractivity contribution in [3.05, 3.63) is 30.7 Å². The minimum Gasteiger partial charge on any atom is -0.399 e. The average Bonchev–Trinajstić information content (AvgIpc) is 2.66. The fourth-order valence-corrected chi connectivity index (χ4v) is 1.70. The minimum atomic E-state index is 0.464. The van der Waals surface area contributed by atoms with Gasteiger partial charge in [0.25, 0.3) is 0 Å². The first-order chi connectivity index (χ1) is 7.25. The summed E-state index contributed by atoms with van der Waals surface area (Å²) in [6.07, 6.45) is 3.41. The molecule has 0 radical (unpaired) electrons. The molecule has 0 saturated carbocycles. The van der Waals surface area contributed by atoms with Crippen LogP contribution in [0.4, 0.5) is 11.5 Å². The number of imidazole rings is 1. The van der Waals surface area contributed by atoms with Crippen LogP contribution < -0.4 is 11.5 Å². The van der Waals surface area contributed by atoms with E-state index in [2.05, 4.69) is 9.97 Å². The van der Waals surface area contributed by atoms with Gasteiger partial charge >= 0.3 is 0 Å². The van der Waals surface area contributed by atoms with Crippen molar-refractivity contribution in [2.45, 2.75) is 0 Å². The number of nitrogen functional groups attached to an aromatic ring is 2. The molecule has 15 heavy (non-hydrogen) atoms. The van der Waals surface area contributed by atoms with Crippen LogP contribution in [0.1, 0.15) is 0 Å². The molecule has 3 rings (SSSR count). The van der Waals surface area contributed by atoms with Crippen molar-refractivity contribution in [3.8, 4) is 0 Å². The van der Waals surface area contributed by atoms with Crippen LogP contribution in [0.5, 0.6) is 0 Å². The zero-order valence-corrected chi connectivity index (χ0v) is 7.88. The first-order valence-electron chi connectivity index (χ1n) is 4.52. The van der Waals surface area contributed by atoms with Crippen LogP contribution in [0, 0.1) is 0 Å². The third kappa shape index (κ3) is 1.03. The van der Waals surface area contributed by atoms with Gasteiger partial charge in [-0.15, -0.1) is 0 Å². The van der Waals surface area contributed by atoms with Crippen molar-refractivity contribution in [1.82, 2.24) is 14.4 Å². The normalized spacial score (nSPS) is 11.2. The number of anilines is 2. The third-order valence-electron chi connectivity index (χ3n) is 2.40. The SMILES string of the molecule is Nc1ccc2c(c1)nc(N)c1cncn12. The first-order valence-corrected chi connectivity index (χ1v) is 4.52. The number of hydrogen-bond donors (Lipinski definition) is 2. The standard InChI is InChI=1S/C10H9N5/c11-6-1-2-8-7(3-6)14-10(12)9-4-13-5-15(8)9/h1-5H,11H2,(H2,12,14). The van der Waals surface area contributed by atoms with Gasteiger partial charge in [0.15, 0.2) is 0 Å². The van der Waals surface area contributed by atoms with Crippen molar-refractivity contribution >= 4 is 28.1 Å². The first kappa shape index (κ1) is 8.05. The van der Waals surface area contributed by atoms with Crippen molar-refractivity contribution in [3.63, 3.8) is 0 Å². The van der Waals surface area contributed by atoms with Crippen molar-refractivity contribution < 1.29 is 0 Å². The van der Waals surface area contributed by atoms with Crippen LogP contribution in [-0.4, -0.2) is 14.4 Å². The van der Waals surface area contributed by atoms with Gasteiger partial charge in [-0.3, -0.25) is 4.40 Å². The Morgan fingerprint density at radius 3 is 2.87 bits per heavy atom. The number of aromatic nitrogens is 3. The fraction of sp³-hybridized carbons (Fsp3) is 0. The summed E-state index contributed by atoms with van der Waals surface area (Å²) in [6.45, 7) is 0. The molecule has 4 N–H and O–H groups in total. The summed E-state index contributed by atoms with van der Waals surface area (Å²) in [7, 11) is 0. The van der Waals surface area contributed by atoms with E-state index >= 15 is 0 Å². The van der Waals surface area contributed by atoms with E-state index < -0.39 is 0 Å². The third-order valence-corrected chi connectivity index (χ3v) is 2.40. The Morgan fingerprint density at radius 2 is 2.00 bits per heavy atom. The summed E-state index contributed by atoms with van der Waals surface area (Å²) in [5, 5.41) is 0. The largest absolute Gasteiger partial charge is 0.399 e. The Labute approximate surface area is 85.4 Å². The van der Waals surface area contributed by atoms with Gasteiger partial charge in [0, 0.05) is 5.69 Å². The van der Waals surface area contributed by atoms with Gasteiger partial charge in [-0.05, 0) is 18.2 Å². The molecule has 74 valence electrons. The van der Waals surface area contributed by atoms with Gasteiger partial charge in [0.1, 0.15) is 11.3 Å². The lowest BCUT2D eigenvalue weighted by atomic mass is 10.2. The quantitative estimate of drug-likeness (QED) is 0.530. The highest BCUT2D eigenvalue weighted by atomic mass is 15.0. The average molecular weight is 199 g/mol. The number of benzene rings is 1. The summed E-state index contributed by atoms with van der Waals surface area (Å²) in [5.41, 5.74) is 14.7. The molecule has 0 bridgehead atoms. The molecule has 3 aromatic rings. The smallest absolute Gasteiger partial charge is 0.150 e. The summed E-state index contributed by atoms with van der Waals surface area (Å²) >= 11 is 0. The van der Waals surface area contributed by atoms with E-state index in [1.807, 2.05) is 16.5 Å². The number of nitrogens with zero attached hydrogens (tertiary/aromatic N) is 3. The Morgan fingerprint density at radius 1 is 1.13 bits per heavy atom. The lowest BCUT2D eigenvalue weighted by molar-refractivity contribution is 1.19. The molecule has 0 fully saturated rings. The van der Waals surface area contributed by atoms with E-state index in [0.29, 0.717) is 11.5 Å². The van der Waals surface area contributed by atoms with Gasteiger partial charge in [-0.1, -0.05) is 0 Å². The second-order valence-corrected chi connectivity index (χ2v) is 3.39. The lowest BCUT2D eigenvalue weighted by Gasteiger charge is -2.04. The van der Waals surface area contributed by atoms with Gasteiger partial charge in [0.05, 0.1) is 23.6 Å². The molecule has 0 unspecified atom stereocenters. The number of rotatable bonds is 0. The Balaban J connectivity index is 2.60. The molecular weight excluding hydrogens is 190 g/mol. The van der Waals surface area contributed by atoms with Crippen LogP contribution in [0.3, 0.4) is 0 Å². The van der Waals surface area contributed by atoms with Crippen molar-refractivity contribution in [1.29, 1.82) is 0 Å². The monoisotopic (exact) mass is 199 g/mol. The molecule has 0 atom stereocenters. The molecule has 0 saturated heterocycles. The van der Waals surface area contributed by atoms with Crippen LogP contribution in [0.2, 0.25) is 0 Å². The molecular formula is C10H9N5. The number of nitrogens with two attached hydrogens (primary N) is 2. The summed E-state index contributed by atoms with van der Waals surface area (Å²) in [6, 6.07) is 5.54. The zero-order valence-electron chi connectivity index (χ0n) is 7.88. The van der Waals surface area contributed by atoms with E-state index in [9.17, 15) is 0 Å². The van der Waals surface area contributed by atoms with Crippen LogP contribution in [-0.2, 0) is 0 Å². The highest BCUT2D eigenvalue weighted by molar-refractivity contribution is 5.85. The van der Waals surface area contributed by atoms with E-state index in [-0.39, 0.29) is 0 Å². The highest BCUT2D eigenvalue weighted by Gasteiger charge is 2.05. The molecule has 0 spiro atoms. The van der Waals surface area contributed by atoms with E-state index in [1.54, 1.807) is 18.6 Å². The lowest BCUT2D eigenvalue weighted by Crippen LogP contribution is -1.98. The molecule has 2 aromatic heterocycles. The maximum absolute atomic E-state index is 5.80. The van der Waals surface area contributed by atoms with Gasteiger partial charge < -0.3 is 11.5 Å². The van der Waals surface area contributed by atoms with E-state index in [4.69, 9.17) is 11.5 Å². The molecule has 0 aliphatic carbocycles. The molecule has 5 heteroatoms. The highest BCUT2D eigenvalue weighted by Crippen LogP contribution is 2.20. The number of fused-ring (bicyclic) bond motifs is 3. The molecule has 5 nitrogen and oxygen atoms in total. The van der Waals surface area contributed by atoms with E-state index in [0.717, 1.165) is 16.6 Å². The van der Waals surface area contributed by atoms with Crippen molar-refractivity contribution in [2.24, 2.45) is 0 Å². The predicted octanol–water partition coefficient (Wildman–Crippen LogP) is 1.05. The summed E-state index contributed by atoms with van der Waals surface area (Å²) in [5.74, 6) is 0.464. The van der Waals surface area contributed by atoms with Crippen LogP contribution in [0.25, 0.3) is 16.6 Å². The minimum absolute atomic E-state index is 0.464. The number of hydrogen-bond acceptors (Lipinski definition) is 4. The maximum atomic E-state index is 5.80. The Hall–Kier alpha value is -2.30. The van der Waals surface area contributed by atoms with Gasteiger partial charge in [0.2, 0.25) is 0 Å². The zero-order chi connectivity index (χ0) is 10.4. The maximum Gasteiger partial charge on any atom is 0.150 e. The predicted molar refractivity (Wildman–Crippen MR) is 59.3 cm³/mol. The second-order valence-electron chi connectivity index (χ2n) is 3.39. The van der Waals surface area contributed by atoms with Gasteiger partial charge in [-0.25, -0.2) is 9.97 Å². The Kier molecular flexibility index (Phi) is 1.39. The molecule has 0 aliphatic heterocycles. The van der Waals surface area contributed by atoms with Crippen LogP contribution >= 0.6 is 0 Å². The fourth-order valence-electron chi connectivity index (χ4n) is 1.70. The molecule has 1 aromatic carbocycles. The molecule has 0 aliphatic rings. The van der Waals surface area contributed by atoms with Crippen molar-refractivity contribution in [2.75, 3.05) is 11.5 Å². The summed E-state index contributed by atoms with van der Waals surface area (Å²) < 4.78 is 1.90.